The fourth-order valence-electron chi connectivity index (χ4n) is 2.63. The Morgan fingerprint density at radius 3 is 2.67 bits per heavy atom. The summed E-state index contributed by atoms with van der Waals surface area (Å²) in [5.41, 5.74) is 0.519. The summed E-state index contributed by atoms with van der Waals surface area (Å²) in [5.74, 6) is -1.56. The molecule has 2 aromatic heterocycles. The number of benzene rings is 1. The first kappa shape index (κ1) is 15.8. The molecular formula is C17H14FN3O3. The normalized spacial score (nSPS) is 12.2. The predicted octanol–water partition coefficient (Wildman–Crippen LogP) is 2.17. The van der Waals surface area contributed by atoms with E-state index in [1.807, 2.05) is 0 Å². The molecule has 1 atom stereocenters. The highest BCUT2D eigenvalue weighted by atomic mass is 19.1. The van der Waals surface area contributed by atoms with Crippen LogP contribution in [0.3, 0.4) is 0 Å². The van der Waals surface area contributed by atoms with E-state index in [0.717, 1.165) is 5.56 Å². The molecule has 2 heterocycles. The van der Waals surface area contributed by atoms with E-state index in [9.17, 15) is 19.1 Å². The van der Waals surface area contributed by atoms with Crippen LogP contribution in [0.1, 0.15) is 24.2 Å². The number of aromatic nitrogens is 3. The first-order valence-corrected chi connectivity index (χ1v) is 7.30. The van der Waals surface area contributed by atoms with Crippen LogP contribution in [-0.2, 0) is 11.3 Å². The first-order valence-electron chi connectivity index (χ1n) is 7.30. The average molecular weight is 327 g/mol. The third kappa shape index (κ3) is 2.88. The summed E-state index contributed by atoms with van der Waals surface area (Å²) in [6.07, 6.45) is 1.49. The molecule has 0 fully saturated rings. The van der Waals surface area contributed by atoms with Gasteiger partial charge in [0.15, 0.2) is 0 Å². The van der Waals surface area contributed by atoms with Crippen molar-refractivity contribution < 1.29 is 14.3 Å². The van der Waals surface area contributed by atoms with Crippen LogP contribution in [0, 0.1) is 5.82 Å². The summed E-state index contributed by atoms with van der Waals surface area (Å²) in [6.45, 7) is 1.41. The van der Waals surface area contributed by atoms with Crippen molar-refractivity contribution in [3.63, 3.8) is 0 Å². The lowest BCUT2D eigenvalue weighted by molar-refractivity contribution is -0.137. The van der Waals surface area contributed by atoms with Crippen LogP contribution < -0.4 is 5.56 Å². The largest absolute Gasteiger partial charge is 0.480 e. The van der Waals surface area contributed by atoms with Crippen molar-refractivity contribution in [3.8, 4) is 0 Å². The summed E-state index contributed by atoms with van der Waals surface area (Å²) >= 11 is 0. The molecule has 0 spiro atoms. The third-order valence-corrected chi connectivity index (χ3v) is 3.82. The lowest BCUT2D eigenvalue weighted by atomic mass is 10.00. The Labute approximate surface area is 136 Å². The molecule has 0 aliphatic carbocycles. The van der Waals surface area contributed by atoms with E-state index >= 15 is 0 Å². The summed E-state index contributed by atoms with van der Waals surface area (Å²) < 4.78 is 14.5. The molecule has 0 amide bonds. The van der Waals surface area contributed by atoms with Gasteiger partial charge in [0.25, 0.3) is 5.56 Å². The number of aliphatic carboxylic acids is 1. The second-order valence-corrected chi connectivity index (χ2v) is 5.40. The Kier molecular flexibility index (Phi) is 4.07. The van der Waals surface area contributed by atoms with E-state index in [-0.39, 0.29) is 29.2 Å². The minimum atomic E-state index is -1.07. The van der Waals surface area contributed by atoms with Crippen molar-refractivity contribution in [1.82, 2.24) is 14.5 Å². The quantitative estimate of drug-likeness (QED) is 0.794. The van der Waals surface area contributed by atoms with E-state index < -0.39 is 17.4 Å². The first-order chi connectivity index (χ1) is 11.5. The number of carbonyl (C=O) groups is 1. The summed E-state index contributed by atoms with van der Waals surface area (Å²) in [4.78, 5) is 31.7. The molecule has 1 unspecified atom stereocenters. The van der Waals surface area contributed by atoms with Crippen molar-refractivity contribution >= 4 is 17.0 Å². The average Bonchev–Trinajstić information content (AvgIpc) is 2.57. The Balaban J connectivity index is 2.24. The molecule has 0 saturated heterocycles. The highest BCUT2D eigenvalue weighted by molar-refractivity contribution is 5.76. The van der Waals surface area contributed by atoms with Crippen LogP contribution in [0.25, 0.3) is 11.0 Å². The molecule has 1 aromatic carbocycles. The SMILES string of the molecule is CC(c1ccc(F)cc1)c1nc(=O)c2cccnc2n1CC(=O)O. The number of fused-ring (bicyclic) bond motifs is 1. The highest BCUT2D eigenvalue weighted by Crippen LogP contribution is 2.24. The van der Waals surface area contributed by atoms with E-state index in [2.05, 4.69) is 9.97 Å². The maximum atomic E-state index is 13.1. The lowest BCUT2D eigenvalue weighted by Gasteiger charge is -2.18. The monoisotopic (exact) mass is 327 g/mol. The molecule has 0 saturated carbocycles. The van der Waals surface area contributed by atoms with Crippen LogP contribution >= 0.6 is 0 Å². The maximum Gasteiger partial charge on any atom is 0.323 e. The minimum absolute atomic E-state index is 0.258. The van der Waals surface area contributed by atoms with Gasteiger partial charge in [-0.05, 0) is 29.8 Å². The van der Waals surface area contributed by atoms with Gasteiger partial charge in [0, 0.05) is 12.1 Å². The van der Waals surface area contributed by atoms with E-state index in [1.165, 1.54) is 22.9 Å². The number of carboxylic acids is 1. The van der Waals surface area contributed by atoms with Crippen molar-refractivity contribution in [1.29, 1.82) is 0 Å². The Bertz CT molecular complexity index is 967. The maximum absolute atomic E-state index is 13.1. The summed E-state index contributed by atoms with van der Waals surface area (Å²) in [6, 6.07) is 8.94. The summed E-state index contributed by atoms with van der Waals surface area (Å²) in [7, 11) is 0. The highest BCUT2D eigenvalue weighted by Gasteiger charge is 2.20. The van der Waals surface area contributed by atoms with Gasteiger partial charge in [0.1, 0.15) is 23.8 Å². The zero-order valence-corrected chi connectivity index (χ0v) is 12.8. The molecule has 0 radical (unpaired) electrons. The minimum Gasteiger partial charge on any atom is -0.480 e. The molecule has 1 N–H and O–H groups in total. The van der Waals surface area contributed by atoms with Gasteiger partial charge in [-0.3, -0.25) is 9.59 Å². The van der Waals surface area contributed by atoms with Crippen LogP contribution in [0.5, 0.6) is 0 Å². The zero-order valence-electron chi connectivity index (χ0n) is 12.8. The molecule has 0 aliphatic heterocycles. The van der Waals surface area contributed by atoms with Crippen molar-refractivity contribution in [3.05, 3.63) is 70.2 Å². The van der Waals surface area contributed by atoms with Crippen molar-refractivity contribution in [2.24, 2.45) is 0 Å². The van der Waals surface area contributed by atoms with Gasteiger partial charge in [-0.25, -0.2) is 9.37 Å². The molecular weight excluding hydrogens is 313 g/mol. The van der Waals surface area contributed by atoms with Gasteiger partial charge in [-0.15, -0.1) is 0 Å². The lowest BCUT2D eigenvalue weighted by Crippen LogP contribution is -2.24. The molecule has 24 heavy (non-hydrogen) atoms. The number of carboxylic acid groups (broad SMARTS) is 1. The molecule has 6 nitrogen and oxygen atoms in total. The number of hydrogen-bond donors (Lipinski definition) is 1. The number of nitrogens with zero attached hydrogens (tertiary/aromatic N) is 3. The topological polar surface area (TPSA) is 85.1 Å². The fourth-order valence-corrected chi connectivity index (χ4v) is 2.63. The third-order valence-electron chi connectivity index (χ3n) is 3.82. The van der Waals surface area contributed by atoms with Gasteiger partial charge in [-0.1, -0.05) is 19.1 Å². The molecule has 0 aliphatic rings. The number of halogens is 1. The standard InChI is InChI=1S/C17H14FN3O3/c1-10(11-4-6-12(18)7-5-11)15-20-17(24)13-3-2-8-19-16(13)21(15)9-14(22)23/h2-8,10H,9H2,1H3,(H,22,23). The van der Waals surface area contributed by atoms with Crippen LogP contribution in [0.2, 0.25) is 0 Å². The van der Waals surface area contributed by atoms with E-state index in [4.69, 9.17) is 0 Å². The van der Waals surface area contributed by atoms with Gasteiger partial charge >= 0.3 is 5.97 Å². The van der Waals surface area contributed by atoms with Gasteiger partial charge < -0.3 is 9.67 Å². The zero-order chi connectivity index (χ0) is 17.3. The fraction of sp³-hybridized carbons (Fsp3) is 0.176. The molecule has 0 bridgehead atoms. The second-order valence-electron chi connectivity index (χ2n) is 5.40. The summed E-state index contributed by atoms with van der Waals surface area (Å²) in [5, 5.41) is 9.46. The van der Waals surface area contributed by atoms with Gasteiger partial charge in [-0.2, -0.15) is 4.98 Å². The molecule has 3 aromatic rings. The number of hydrogen-bond acceptors (Lipinski definition) is 4. The van der Waals surface area contributed by atoms with Crippen LogP contribution in [0.15, 0.2) is 47.4 Å². The van der Waals surface area contributed by atoms with E-state index in [0.29, 0.717) is 0 Å². The van der Waals surface area contributed by atoms with Crippen LogP contribution in [-0.4, -0.2) is 25.6 Å². The molecule has 7 heteroatoms. The smallest absolute Gasteiger partial charge is 0.323 e. The van der Waals surface area contributed by atoms with Crippen molar-refractivity contribution in [2.45, 2.75) is 19.4 Å². The second kappa shape index (κ2) is 6.19. The predicted molar refractivity (Wildman–Crippen MR) is 85.4 cm³/mol. The molecule has 3 rings (SSSR count). The van der Waals surface area contributed by atoms with Crippen LogP contribution in [0.4, 0.5) is 4.39 Å². The number of rotatable bonds is 4. The van der Waals surface area contributed by atoms with Gasteiger partial charge in [0.05, 0.1) is 5.39 Å². The molecule has 122 valence electrons. The Morgan fingerprint density at radius 1 is 1.29 bits per heavy atom. The van der Waals surface area contributed by atoms with Gasteiger partial charge in [0.2, 0.25) is 0 Å². The Hall–Kier alpha value is -3.09. The van der Waals surface area contributed by atoms with E-state index in [1.54, 1.807) is 31.2 Å². The Morgan fingerprint density at radius 2 is 2.00 bits per heavy atom. The number of pyridine rings is 1. The van der Waals surface area contributed by atoms with Crippen molar-refractivity contribution in [2.75, 3.05) is 0 Å².